The second-order valence-corrected chi connectivity index (χ2v) is 5.21. The highest BCUT2D eigenvalue weighted by Crippen LogP contribution is 2.35. The molecule has 1 aromatic carbocycles. The van der Waals surface area contributed by atoms with Crippen LogP contribution in [0.4, 0.5) is 0 Å². The lowest BCUT2D eigenvalue weighted by Gasteiger charge is -2.06. The van der Waals surface area contributed by atoms with Crippen LogP contribution < -0.4 is 0 Å². The summed E-state index contributed by atoms with van der Waals surface area (Å²) in [4.78, 5) is 0. The van der Waals surface area contributed by atoms with Gasteiger partial charge in [0.25, 0.3) is 0 Å². The zero-order chi connectivity index (χ0) is 14.3. The predicted molar refractivity (Wildman–Crippen MR) is 77.7 cm³/mol. The molecule has 0 amide bonds. The average Bonchev–Trinajstić information content (AvgIpc) is 2.34. The molecule has 0 aromatic heterocycles. The van der Waals surface area contributed by atoms with Crippen molar-refractivity contribution in [1.29, 1.82) is 0 Å². The van der Waals surface area contributed by atoms with Gasteiger partial charge in [-0.3, -0.25) is 0 Å². The number of hydrogen-bond acceptors (Lipinski definition) is 3. The van der Waals surface area contributed by atoms with Crippen LogP contribution in [-0.2, 0) is 6.42 Å². The molecule has 0 aliphatic heterocycles. The van der Waals surface area contributed by atoms with Crippen molar-refractivity contribution >= 4 is 0 Å². The molecular weight excluding hydrogens is 240 g/mol. The number of aryl methyl sites for hydroxylation is 1. The Balaban J connectivity index is 2.21. The number of hydrogen-bond donors (Lipinski definition) is 3. The van der Waals surface area contributed by atoms with Crippen molar-refractivity contribution in [2.45, 2.75) is 51.9 Å². The molecule has 0 atom stereocenters. The number of allylic oxidation sites excluding steroid dienone is 1. The number of aromatic hydroxyl groups is 3. The first-order valence-electron chi connectivity index (χ1n) is 6.89. The second-order valence-electron chi connectivity index (χ2n) is 5.21. The van der Waals surface area contributed by atoms with Crippen molar-refractivity contribution in [3.05, 3.63) is 29.8 Å². The predicted octanol–water partition coefficient (Wildman–Crippen LogP) is 4.26. The third-order valence-corrected chi connectivity index (χ3v) is 3.20. The Morgan fingerprint density at radius 2 is 1.47 bits per heavy atom. The molecule has 0 bridgehead atoms. The minimum atomic E-state index is -0.441. The van der Waals surface area contributed by atoms with Gasteiger partial charge in [-0.15, -0.1) is 6.58 Å². The van der Waals surface area contributed by atoms with Crippen LogP contribution >= 0.6 is 0 Å². The summed E-state index contributed by atoms with van der Waals surface area (Å²) < 4.78 is 0. The van der Waals surface area contributed by atoms with Gasteiger partial charge in [0.1, 0.15) is 0 Å². The van der Waals surface area contributed by atoms with Crippen LogP contribution in [0.5, 0.6) is 17.2 Å². The third kappa shape index (κ3) is 5.69. The first-order chi connectivity index (χ1) is 9.00. The summed E-state index contributed by atoms with van der Waals surface area (Å²) in [6.45, 7) is 5.94. The van der Waals surface area contributed by atoms with E-state index in [0.717, 1.165) is 31.2 Å². The summed E-state index contributed by atoms with van der Waals surface area (Å²) in [7, 11) is 0. The zero-order valence-corrected chi connectivity index (χ0v) is 11.7. The molecule has 0 aliphatic carbocycles. The summed E-state index contributed by atoms with van der Waals surface area (Å²) in [6.07, 6.45) is 7.70. The van der Waals surface area contributed by atoms with Crippen LogP contribution in [0.15, 0.2) is 24.3 Å². The second kappa shape index (κ2) is 7.72. The van der Waals surface area contributed by atoms with Crippen LogP contribution in [0.25, 0.3) is 0 Å². The van der Waals surface area contributed by atoms with Crippen molar-refractivity contribution in [2.75, 3.05) is 0 Å². The molecule has 1 aromatic rings. The van der Waals surface area contributed by atoms with Crippen LogP contribution in [0.3, 0.4) is 0 Å². The molecule has 3 heteroatoms. The van der Waals surface area contributed by atoms with E-state index in [1.807, 2.05) is 0 Å². The molecule has 0 aliphatic rings. The molecule has 0 fully saturated rings. The molecule has 3 nitrogen and oxygen atoms in total. The summed E-state index contributed by atoms with van der Waals surface area (Å²) in [5.41, 5.74) is 2.10. The van der Waals surface area contributed by atoms with Crippen molar-refractivity contribution in [3.63, 3.8) is 0 Å². The van der Waals surface area contributed by atoms with Gasteiger partial charge in [-0.25, -0.2) is 0 Å². The van der Waals surface area contributed by atoms with E-state index in [1.165, 1.54) is 37.0 Å². The van der Waals surface area contributed by atoms with Crippen molar-refractivity contribution < 1.29 is 15.3 Å². The molecule has 0 radical (unpaired) electrons. The quantitative estimate of drug-likeness (QED) is 0.373. The van der Waals surface area contributed by atoms with E-state index < -0.39 is 5.75 Å². The normalized spacial score (nSPS) is 10.6. The van der Waals surface area contributed by atoms with Gasteiger partial charge in [0.2, 0.25) is 0 Å². The zero-order valence-electron chi connectivity index (χ0n) is 11.7. The molecule has 0 saturated carbocycles. The highest BCUT2D eigenvalue weighted by molar-refractivity contribution is 5.51. The lowest BCUT2D eigenvalue weighted by Crippen LogP contribution is -1.87. The van der Waals surface area contributed by atoms with E-state index >= 15 is 0 Å². The summed E-state index contributed by atoms with van der Waals surface area (Å²) >= 11 is 0. The summed E-state index contributed by atoms with van der Waals surface area (Å²) in [5.74, 6) is -0.948. The number of phenols is 3. The number of unbranched alkanes of at least 4 members (excludes halogenated alkanes) is 4. The van der Waals surface area contributed by atoms with Crippen LogP contribution in [0.2, 0.25) is 0 Å². The van der Waals surface area contributed by atoms with Gasteiger partial charge in [0, 0.05) is 0 Å². The fourth-order valence-electron chi connectivity index (χ4n) is 2.09. The lowest BCUT2D eigenvalue weighted by atomic mass is 10.0. The Bertz CT molecular complexity index is 401. The van der Waals surface area contributed by atoms with Gasteiger partial charge in [-0.1, -0.05) is 24.8 Å². The Morgan fingerprint density at radius 1 is 0.947 bits per heavy atom. The van der Waals surface area contributed by atoms with Gasteiger partial charge >= 0.3 is 0 Å². The largest absolute Gasteiger partial charge is 0.504 e. The topological polar surface area (TPSA) is 60.7 Å². The maximum atomic E-state index is 9.39. The standard InChI is InChI=1S/C16H24O3/c1-12(2)8-6-4-3-5-7-9-13-10-14(17)16(19)15(18)11-13/h10-11,17-19H,1,3-9H2,2H3. The third-order valence-electron chi connectivity index (χ3n) is 3.20. The Kier molecular flexibility index (Phi) is 6.26. The average molecular weight is 264 g/mol. The molecule has 1 rings (SSSR count). The van der Waals surface area contributed by atoms with Gasteiger partial charge < -0.3 is 15.3 Å². The molecule has 106 valence electrons. The van der Waals surface area contributed by atoms with Crippen molar-refractivity contribution in [2.24, 2.45) is 0 Å². The molecule has 19 heavy (non-hydrogen) atoms. The monoisotopic (exact) mass is 264 g/mol. The van der Waals surface area contributed by atoms with Crippen molar-refractivity contribution in [3.8, 4) is 17.2 Å². The number of benzene rings is 1. The molecule has 0 unspecified atom stereocenters. The smallest absolute Gasteiger partial charge is 0.200 e. The maximum Gasteiger partial charge on any atom is 0.200 e. The molecule has 3 N–H and O–H groups in total. The number of phenolic OH excluding ortho intramolecular Hbond substituents is 3. The van der Waals surface area contributed by atoms with Crippen LogP contribution in [0.1, 0.15) is 51.0 Å². The lowest BCUT2D eigenvalue weighted by molar-refractivity contribution is 0.367. The first kappa shape index (κ1) is 15.4. The number of rotatable bonds is 8. The molecule has 0 heterocycles. The molecular formula is C16H24O3. The van der Waals surface area contributed by atoms with Gasteiger partial charge in [-0.05, 0) is 50.3 Å². The van der Waals surface area contributed by atoms with Crippen LogP contribution in [0, 0.1) is 0 Å². The van der Waals surface area contributed by atoms with E-state index in [9.17, 15) is 15.3 Å². The minimum Gasteiger partial charge on any atom is -0.504 e. The minimum absolute atomic E-state index is 0.253. The van der Waals surface area contributed by atoms with Crippen LogP contribution in [-0.4, -0.2) is 15.3 Å². The van der Waals surface area contributed by atoms with E-state index in [1.54, 1.807) is 0 Å². The fraction of sp³-hybridized carbons (Fsp3) is 0.500. The van der Waals surface area contributed by atoms with E-state index in [-0.39, 0.29) is 11.5 Å². The Morgan fingerprint density at radius 3 is 2.05 bits per heavy atom. The molecule has 0 spiro atoms. The Labute approximate surface area is 115 Å². The molecule has 0 saturated heterocycles. The van der Waals surface area contributed by atoms with E-state index in [0.29, 0.717) is 0 Å². The van der Waals surface area contributed by atoms with Crippen molar-refractivity contribution in [1.82, 2.24) is 0 Å². The SMILES string of the molecule is C=C(C)CCCCCCCc1cc(O)c(O)c(O)c1. The van der Waals surface area contributed by atoms with E-state index in [4.69, 9.17) is 0 Å². The maximum absolute atomic E-state index is 9.39. The van der Waals surface area contributed by atoms with E-state index in [2.05, 4.69) is 13.5 Å². The van der Waals surface area contributed by atoms with Gasteiger partial charge in [-0.2, -0.15) is 0 Å². The fourth-order valence-corrected chi connectivity index (χ4v) is 2.09. The highest BCUT2D eigenvalue weighted by Gasteiger charge is 2.07. The van der Waals surface area contributed by atoms with Gasteiger partial charge in [0.05, 0.1) is 0 Å². The highest BCUT2D eigenvalue weighted by atomic mass is 16.3. The Hall–Kier alpha value is -1.64. The first-order valence-corrected chi connectivity index (χ1v) is 6.89. The summed E-state index contributed by atoms with van der Waals surface area (Å²) in [5, 5.41) is 28.0. The summed E-state index contributed by atoms with van der Waals surface area (Å²) in [6, 6.07) is 3.02. The van der Waals surface area contributed by atoms with Gasteiger partial charge in [0.15, 0.2) is 17.2 Å².